The van der Waals surface area contributed by atoms with Crippen LogP contribution < -0.4 is 5.32 Å². The van der Waals surface area contributed by atoms with E-state index >= 15 is 0 Å². The molecule has 1 aliphatic rings. The zero-order chi connectivity index (χ0) is 15.5. The first kappa shape index (κ1) is 15.1. The van der Waals surface area contributed by atoms with E-state index in [2.05, 4.69) is 36.0 Å². The average molecular weight is 314 g/mol. The molecule has 2 amide bonds. The van der Waals surface area contributed by atoms with Gasteiger partial charge in [0.05, 0.1) is 0 Å². The Hall–Kier alpha value is -1.81. The highest BCUT2D eigenvalue weighted by molar-refractivity contribution is 7.07. The molecule has 0 saturated carbocycles. The van der Waals surface area contributed by atoms with Crippen LogP contribution >= 0.6 is 11.3 Å². The average Bonchev–Trinajstić information content (AvgIpc) is 3.05. The molecule has 0 atom stereocenters. The smallest absolute Gasteiger partial charge is 0.321 e. The minimum atomic E-state index is 0.0204. The molecule has 3 nitrogen and oxygen atoms in total. The van der Waals surface area contributed by atoms with E-state index in [1.54, 1.807) is 11.3 Å². The van der Waals surface area contributed by atoms with Crippen molar-refractivity contribution in [2.24, 2.45) is 0 Å². The predicted molar refractivity (Wildman–Crippen MR) is 92.8 cm³/mol. The Labute approximate surface area is 136 Å². The van der Waals surface area contributed by atoms with Gasteiger partial charge in [-0.25, -0.2) is 4.79 Å². The highest BCUT2D eigenvalue weighted by Crippen LogP contribution is 2.29. The Morgan fingerprint density at radius 1 is 1.18 bits per heavy atom. The molecule has 3 rings (SSSR count). The topological polar surface area (TPSA) is 32.3 Å². The van der Waals surface area contributed by atoms with Gasteiger partial charge in [0, 0.05) is 18.8 Å². The summed E-state index contributed by atoms with van der Waals surface area (Å²) in [5.41, 5.74) is 4.76. The largest absolute Gasteiger partial charge is 0.324 e. The van der Waals surface area contributed by atoms with Crippen LogP contribution in [0.5, 0.6) is 0 Å². The number of carbonyl (C=O) groups is 1. The molecule has 0 radical (unpaired) electrons. The lowest BCUT2D eigenvalue weighted by Crippen LogP contribution is -2.40. The SMILES string of the molecule is Cc1ccc(NC(=O)N2CCC(c3ccsc3)CC2)cc1C. The van der Waals surface area contributed by atoms with Gasteiger partial charge >= 0.3 is 6.03 Å². The number of piperidine rings is 1. The Bertz CT molecular complexity index is 643. The monoisotopic (exact) mass is 314 g/mol. The van der Waals surface area contributed by atoms with Crippen LogP contribution in [-0.2, 0) is 0 Å². The van der Waals surface area contributed by atoms with Crippen molar-refractivity contribution in [1.29, 1.82) is 0 Å². The number of urea groups is 1. The van der Waals surface area contributed by atoms with E-state index < -0.39 is 0 Å². The lowest BCUT2D eigenvalue weighted by Gasteiger charge is -2.31. The molecule has 1 aromatic carbocycles. The lowest BCUT2D eigenvalue weighted by atomic mass is 9.91. The van der Waals surface area contributed by atoms with Crippen LogP contribution in [0.15, 0.2) is 35.0 Å². The summed E-state index contributed by atoms with van der Waals surface area (Å²) >= 11 is 1.75. The minimum Gasteiger partial charge on any atom is -0.324 e. The van der Waals surface area contributed by atoms with Gasteiger partial charge in [-0.1, -0.05) is 6.07 Å². The van der Waals surface area contributed by atoms with Crippen LogP contribution in [0.3, 0.4) is 0 Å². The molecule has 1 aliphatic heterocycles. The molecule has 22 heavy (non-hydrogen) atoms. The van der Waals surface area contributed by atoms with E-state index in [1.807, 2.05) is 23.1 Å². The zero-order valence-electron chi connectivity index (χ0n) is 13.1. The standard InChI is InChI=1S/C18H22N2OS/c1-13-3-4-17(11-14(13)2)19-18(21)20-8-5-15(6-9-20)16-7-10-22-12-16/h3-4,7,10-12,15H,5-6,8-9H2,1-2H3,(H,19,21). The molecule has 1 N–H and O–H groups in total. The summed E-state index contributed by atoms with van der Waals surface area (Å²) in [6.45, 7) is 5.81. The maximum atomic E-state index is 12.4. The second-order valence-electron chi connectivity index (χ2n) is 6.05. The molecule has 0 bridgehead atoms. The number of hydrogen-bond donors (Lipinski definition) is 1. The summed E-state index contributed by atoms with van der Waals surface area (Å²) in [4.78, 5) is 14.3. The second-order valence-corrected chi connectivity index (χ2v) is 6.83. The fourth-order valence-corrected chi connectivity index (χ4v) is 3.69. The van der Waals surface area contributed by atoms with Crippen LogP contribution in [0.4, 0.5) is 10.5 Å². The zero-order valence-corrected chi connectivity index (χ0v) is 14.0. The van der Waals surface area contributed by atoms with Gasteiger partial charge in [-0.05, 0) is 78.3 Å². The highest BCUT2D eigenvalue weighted by Gasteiger charge is 2.24. The van der Waals surface area contributed by atoms with Crippen LogP contribution in [0.1, 0.15) is 35.4 Å². The van der Waals surface area contributed by atoms with Crippen molar-refractivity contribution < 1.29 is 4.79 Å². The summed E-state index contributed by atoms with van der Waals surface area (Å²) in [5, 5.41) is 7.38. The molecule has 2 aromatic rings. The van der Waals surface area contributed by atoms with Crippen molar-refractivity contribution in [2.45, 2.75) is 32.6 Å². The van der Waals surface area contributed by atoms with Crippen molar-refractivity contribution >= 4 is 23.1 Å². The molecule has 0 spiro atoms. The molecule has 116 valence electrons. The summed E-state index contributed by atoms with van der Waals surface area (Å²) in [7, 11) is 0. The summed E-state index contributed by atoms with van der Waals surface area (Å²) < 4.78 is 0. The number of benzene rings is 1. The van der Waals surface area contributed by atoms with Gasteiger partial charge < -0.3 is 10.2 Å². The fraction of sp³-hybridized carbons (Fsp3) is 0.389. The quantitative estimate of drug-likeness (QED) is 0.850. The number of thiophene rings is 1. The molecular formula is C18H22N2OS. The van der Waals surface area contributed by atoms with Crippen LogP contribution in [0, 0.1) is 13.8 Å². The second kappa shape index (κ2) is 6.53. The number of hydrogen-bond acceptors (Lipinski definition) is 2. The number of nitrogens with one attached hydrogen (secondary N) is 1. The first-order valence-corrected chi connectivity index (χ1v) is 8.73. The van der Waals surface area contributed by atoms with Crippen molar-refractivity contribution in [3.8, 4) is 0 Å². The molecule has 0 aliphatic carbocycles. The van der Waals surface area contributed by atoms with Crippen LogP contribution in [0.25, 0.3) is 0 Å². The summed E-state index contributed by atoms with van der Waals surface area (Å²) in [6, 6.07) is 8.28. The van der Waals surface area contributed by atoms with Crippen LogP contribution in [0.2, 0.25) is 0 Å². The van der Waals surface area contributed by atoms with E-state index in [1.165, 1.54) is 16.7 Å². The van der Waals surface area contributed by atoms with E-state index in [0.29, 0.717) is 5.92 Å². The van der Waals surface area contributed by atoms with Crippen molar-refractivity contribution in [2.75, 3.05) is 18.4 Å². The number of amides is 2. The molecule has 0 unspecified atom stereocenters. The number of anilines is 1. The Morgan fingerprint density at radius 3 is 2.59 bits per heavy atom. The van der Waals surface area contributed by atoms with Gasteiger partial charge in [0.1, 0.15) is 0 Å². The third-order valence-corrected chi connectivity index (χ3v) is 5.26. The summed E-state index contributed by atoms with van der Waals surface area (Å²) in [5.74, 6) is 0.608. The first-order valence-electron chi connectivity index (χ1n) is 7.79. The number of carbonyl (C=O) groups excluding carboxylic acids is 1. The number of aryl methyl sites for hydroxylation is 2. The highest BCUT2D eigenvalue weighted by atomic mass is 32.1. The first-order chi connectivity index (χ1) is 10.6. The Balaban J connectivity index is 1.56. The van der Waals surface area contributed by atoms with Crippen molar-refractivity contribution in [3.05, 3.63) is 51.7 Å². The molecule has 2 heterocycles. The van der Waals surface area contributed by atoms with Gasteiger partial charge in [0.25, 0.3) is 0 Å². The van der Waals surface area contributed by atoms with E-state index in [9.17, 15) is 4.79 Å². The minimum absolute atomic E-state index is 0.0204. The van der Waals surface area contributed by atoms with Crippen molar-refractivity contribution in [3.63, 3.8) is 0 Å². The predicted octanol–water partition coefficient (Wildman–Crippen LogP) is 4.78. The molecule has 1 saturated heterocycles. The van der Waals surface area contributed by atoms with Crippen LogP contribution in [-0.4, -0.2) is 24.0 Å². The van der Waals surface area contributed by atoms with E-state index in [0.717, 1.165) is 31.6 Å². The number of likely N-dealkylation sites (tertiary alicyclic amines) is 1. The van der Waals surface area contributed by atoms with Gasteiger partial charge in [-0.2, -0.15) is 11.3 Å². The molecule has 1 fully saturated rings. The van der Waals surface area contributed by atoms with Gasteiger partial charge in [-0.15, -0.1) is 0 Å². The maximum absolute atomic E-state index is 12.4. The van der Waals surface area contributed by atoms with Gasteiger partial charge in [-0.3, -0.25) is 0 Å². The third-order valence-electron chi connectivity index (χ3n) is 4.55. The van der Waals surface area contributed by atoms with E-state index in [4.69, 9.17) is 0 Å². The third kappa shape index (κ3) is 3.33. The Kier molecular flexibility index (Phi) is 4.48. The Morgan fingerprint density at radius 2 is 1.95 bits per heavy atom. The lowest BCUT2D eigenvalue weighted by molar-refractivity contribution is 0.194. The fourth-order valence-electron chi connectivity index (χ4n) is 2.94. The summed E-state index contributed by atoms with van der Waals surface area (Å²) in [6.07, 6.45) is 2.11. The van der Waals surface area contributed by atoms with Gasteiger partial charge in [0.15, 0.2) is 0 Å². The van der Waals surface area contributed by atoms with E-state index in [-0.39, 0.29) is 6.03 Å². The van der Waals surface area contributed by atoms with Crippen molar-refractivity contribution in [1.82, 2.24) is 4.90 Å². The van der Waals surface area contributed by atoms with Gasteiger partial charge in [0.2, 0.25) is 0 Å². The number of rotatable bonds is 2. The maximum Gasteiger partial charge on any atom is 0.321 e. The molecule has 1 aromatic heterocycles. The molecule has 4 heteroatoms. The normalized spacial score (nSPS) is 15.8. The molecular weight excluding hydrogens is 292 g/mol. The number of nitrogens with zero attached hydrogens (tertiary/aromatic N) is 1.